The van der Waals surface area contributed by atoms with Crippen molar-refractivity contribution in [1.82, 2.24) is 0 Å². The highest BCUT2D eigenvalue weighted by atomic mass is 16.4. The molecule has 1 unspecified atom stereocenters. The van der Waals surface area contributed by atoms with Crippen molar-refractivity contribution in [3.05, 3.63) is 57.6 Å². The van der Waals surface area contributed by atoms with Crippen LogP contribution in [0.5, 0.6) is 11.5 Å². The van der Waals surface area contributed by atoms with Gasteiger partial charge in [-0.1, -0.05) is 12.1 Å². The first-order chi connectivity index (χ1) is 9.88. The summed E-state index contributed by atoms with van der Waals surface area (Å²) in [5.74, 6) is -1.47. The number of carbonyl (C=O) groups is 1. The van der Waals surface area contributed by atoms with Gasteiger partial charge in [-0.05, 0) is 24.6 Å². The van der Waals surface area contributed by atoms with Crippen molar-refractivity contribution in [1.29, 1.82) is 0 Å². The summed E-state index contributed by atoms with van der Waals surface area (Å²) in [4.78, 5) is 22.9. The molecule has 1 aromatic carbocycles. The molecule has 1 amide bonds. The summed E-state index contributed by atoms with van der Waals surface area (Å²) < 4.78 is 5.42. The number of amides is 1. The lowest BCUT2D eigenvalue weighted by Crippen LogP contribution is -2.17. The summed E-state index contributed by atoms with van der Waals surface area (Å²) in [6.07, 6.45) is -0.134. The Bertz CT molecular complexity index is 718. The first kappa shape index (κ1) is 14.6. The summed E-state index contributed by atoms with van der Waals surface area (Å²) >= 11 is 0. The molecule has 6 nitrogen and oxygen atoms in total. The minimum Gasteiger partial charge on any atom is -0.508 e. The second-order valence-electron chi connectivity index (χ2n) is 4.75. The predicted molar refractivity (Wildman–Crippen MR) is 75.1 cm³/mol. The Hall–Kier alpha value is -2.76. The maximum absolute atomic E-state index is 11.7. The Kier molecular flexibility index (Phi) is 3.98. The molecular weight excluding hydrogens is 274 g/mol. The van der Waals surface area contributed by atoms with E-state index in [1.807, 2.05) is 0 Å². The molecule has 1 heterocycles. The zero-order chi connectivity index (χ0) is 15.6. The highest BCUT2D eigenvalue weighted by Crippen LogP contribution is 2.33. The predicted octanol–water partition coefficient (Wildman–Crippen LogP) is 1.37. The molecule has 0 fully saturated rings. The lowest BCUT2D eigenvalue weighted by molar-refractivity contribution is -0.118. The number of aryl methyl sites for hydroxylation is 1. The van der Waals surface area contributed by atoms with Gasteiger partial charge in [-0.25, -0.2) is 0 Å². The van der Waals surface area contributed by atoms with Crippen LogP contribution in [0.1, 0.15) is 29.4 Å². The monoisotopic (exact) mass is 289 g/mol. The highest BCUT2D eigenvalue weighted by Gasteiger charge is 2.24. The van der Waals surface area contributed by atoms with Crippen molar-refractivity contribution in [3.8, 4) is 11.5 Å². The number of phenolic OH excluding ortho intramolecular Hbond substituents is 1. The van der Waals surface area contributed by atoms with Gasteiger partial charge in [0.05, 0.1) is 5.92 Å². The molecule has 0 radical (unpaired) electrons. The molecule has 1 aromatic heterocycles. The van der Waals surface area contributed by atoms with E-state index in [1.54, 1.807) is 19.1 Å². The maximum atomic E-state index is 11.7. The molecule has 2 aromatic rings. The van der Waals surface area contributed by atoms with E-state index in [2.05, 4.69) is 0 Å². The molecule has 4 N–H and O–H groups in total. The van der Waals surface area contributed by atoms with Crippen LogP contribution in [0.25, 0.3) is 0 Å². The van der Waals surface area contributed by atoms with Gasteiger partial charge in [-0.15, -0.1) is 0 Å². The van der Waals surface area contributed by atoms with Gasteiger partial charge in [0.1, 0.15) is 11.5 Å². The van der Waals surface area contributed by atoms with E-state index in [9.17, 15) is 19.8 Å². The lowest BCUT2D eigenvalue weighted by atomic mass is 9.92. The van der Waals surface area contributed by atoms with Gasteiger partial charge in [0.2, 0.25) is 17.1 Å². The number of phenols is 1. The van der Waals surface area contributed by atoms with Gasteiger partial charge in [0, 0.05) is 12.5 Å². The standard InChI is InChI=1S/C15H15NO5/c1-8-6-12(18)14(20)15(21-8)11(7-13(16)19)9-2-4-10(17)5-3-9/h2-6,11,17,20H,7H2,1H3,(H2,16,19). The molecule has 0 saturated carbocycles. The third-order valence-corrected chi connectivity index (χ3v) is 3.09. The van der Waals surface area contributed by atoms with Crippen LogP contribution in [0, 0.1) is 6.92 Å². The van der Waals surface area contributed by atoms with Gasteiger partial charge < -0.3 is 20.4 Å². The molecule has 0 aliphatic heterocycles. The van der Waals surface area contributed by atoms with Gasteiger partial charge in [-0.3, -0.25) is 9.59 Å². The van der Waals surface area contributed by atoms with Crippen molar-refractivity contribution >= 4 is 5.91 Å². The number of hydrogen-bond donors (Lipinski definition) is 3. The third-order valence-electron chi connectivity index (χ3n) is 3.09. The fourth-order valence-corrected chi connectivity index (χ4v) is 2.13. The summed E-state index contributed by atoms with van der Waals surface area (Å²) in [6, 6.07) is 7.19. The second kappa shape index (κ2) is 5.70. The van der Waals surface area contributed by atoms with E-state index >= 15 is 0 Å². The normalized spacial score (nSPS) is 12.0. The van der Waals surface area contributed by atoms with Crippen LogP contribution in [0.15, 0.2) is 39.5 Å². The number of rotatable bonds is 4. The number of benzene rings is 1. The molecule has 1 atom stereocenters. The van der Waals surface area contributed by atoms with E-state index in [0.29, 0.717) is 11.3 Å². The van der Waals surface area contributed by atoms with Gasteiger partial charge >= 0.3 is 0 Å². The van der Waals surface area contributed by atoms with Crippen LogP contribution in [0.3, 0.4) is 0 Å². The largest absolute Gasteiger partial charge is 0.508 e. The molecule has 110 valence electrons. The third kappa shape index (κ3) is 3.22. The van der Waals surface area contributed by atoms with E-state index in [4.69, 9.17) is 10.2 Å². The van der Waals surface area contributed by atoms with Gasteiger partial charge in [0.25, 0.3) is 0 Å². The van der Waals surface area contributed by atoms with Crippen LogP contribution in [-0.4, -0.2) is 16.1 Å². The van der Waals surface area contributed by atoms with Crippen LogP contribution in [0.4, 0.5) is 0 Å². The van der Waals surface area contributed by atoms with Gasteiger partial charge in [-0.2, -0.15) is 0 Å². The van der Waals surface area contributed by atoms with E-state index in [-0.39, 0.29) is 17.9 Å². The molecule has 0 spiro atoms. The zero-order valence-electron chi connectivity index (χ0n) is 11.4. The molecule has 0 saturated heterocycles. The van der Waals surface area contributed by atoms with Gasteiger partial charge in [0.15, 0.2) is 5.76 Å². The van der Waals surface area contributed by atoms with Crippen molar-refractivity contribution in [3.63, 3.8) is 0 Å². The fourth-order valence-electron chi connectivity index (χ4n) is 2.13. The fraction of sp³-hybridized carbons (Fsp3) is 0.200. The van der Waals surface area contributed by atoms with Crippen LogP contribution in [0.2, 0.25) is 0 Å². The summed E-state index contributed by atoms with van der Waals surface area (Å²) in [5, 5.41) is 19.2. The molecule has 0 aliphatic carbocycles. The molecule has 0 aliphatic rings. The van der Waals surface area contributed by atoms with Crippen molar-refractivity contribution in [2.24, 2.45) is 5.73 Å². The molecule has 2 rings (SSSR count). The Morgan fingerprint density at radius 1 is 1.29 bits per heavy atom. The Morgan fingerprint density at radius 3 is 2.48 bits per heavy atom. The van der Waals surface area contributed by atoms with Crippen molar-refractivity contribution in [2.75, 3.05) is 0 Å². The average Bonchev–Trinajstić information content (AvgIpc) is 2.41. The highest BCUT2D eigenvalue weighted by molar-refractivity contribution is 5.75. The van der Waals surface area contributed by atoms with E-state index in [1.165, 1.54) is 12.1 Å². The summed E-state index contributed by atoms with van der Waals surface area (Å²) in [7, 11) is 0. The van der Waals surface area contributed by atoms with Crippen LogP contribution < -0.4 is 11.2 Å². The topological polar surface area (TPSA) is 114 Å². The first-order valence-electron chi connectivity index (χ1n) is 6.29. The maximum Gasteiger partial charge on any atom is 0.227 e. The second-order valence-corrected chi connectivity index (χ2v) is 4.75. The SMILES string of the molecule is Cc1cc(=O)c(O)c(C(CC(N)=O)c2ccc(O)cc2)o1. The quantitative estimate of drug-likeness (QED) is 0.786. The number of nitrogens with two attached hydrogens (primary N) is 1. The zero-order valence-corrected chi connectivity index (χ0v) is 11.4. The summed E-state index contributed by atoms with van der Waals surface area (Å²) in [6.45, 7) is 1.57. The first-order valence-corrected chi connectivity index (χ1v) is 6.29. The lowest BCUT2D eigenvalue weighted by Gasteiger charge is -2.16. The number of primary amides is 1. The molecular formula is C15H15NO5. The van der Waals surface area contributed by atoms with E-state index < -0.39 is 23.0 Å². The minimum absolute atomic E-state index is 0.00973. The van der Waals surface area contributed by atoms with Crippen molar-refractivity contribution in [2.45, 2.75) is 19.3 Å². The molecule has 6 heteroatoms. The van der Waals surface area contributed by atoms with Crippen molar-refractivity contribution < 1.29 is 19.4 Å². The number of aromatic hydroxyl groups is 2. The van der Waals surface area contributed by atoms with Crippen LogP contribution in [-0.2, 0) is 4.79 Å². The number of carbonyl (C=O) groups excluding carboxylic acids is 1. The average molecular weight is 289 g/mol. The minimum atomic E-state index is -0.698. The Balaban J connectivity index is 2.58. The Labute approximate surface area is 120 Å². The Morgan fingerprint density at radius 2 is 1.90 bits per heavy atom. The smallest absolute Gasteiger partial charge is 0.227 e. The summed E-state index contributed by atoms with van der Waals surface area (Å²) in [5.41, 5.74) is 5.25. The van der Waals surface area contributed by atoms with E-state index in [0.717, 1.165) is 6.07 Å². The number of hydrogen-bond acceptors (Lipinski definition) is 5. The van der Waals surface area contributed by atoms with Crippen LogP contribution >= 0.6 is 0 Å². The molecule has 0 bridgehead atoms. The molecule has 21 heavy (non-hydrogen) atoms.